The standard InChI is InChI=1S/C21H20N2O6/c1-12(18(24)23-21(27)22-2)28-19(25)14-8-9-16-15(10-14)11-17(29-20(16)26)13-6-4-3-5-7-13/h3-10,12,17H,11H2,1-2H3,(H2,22,23,24,27). The van der Waals surface area contributed by atoms with Crippen molar-refractivity contribution in [2.24, 2.45) is 0 Å². The molecule has 8 heteroatoms. The van der Waals surface area contributed by atoms with Gasteiger partial charge in [-0.2, -0.15) is 0 Å². The molecule has 0 bridgehead atoms. The highest BCUT2D eigenvalue weighted by atomic mass is 16.6. The summed E-state index contributed by atoms with van der Waals surface area (Å²) < 4.78 is 10.6. The van der Waals surface area contributed by atoms with Gasteiger partial charge in [0.15, 0.2) is 6.10 Å². The number of carbonyl (C=O) groups excluding carboxylic acids is 4. The highest BCUT2D eigenvalue weighted by Gasteiger charge is 2.29. The number of fused-ring (bicyclic) bond motifs is 1. The first-order valence-electron chi connectivity index (χ1n) is 9.01. The van der Waals surface area contributed by atoms with Crippen LogP contribution in [0.3, 0.4) is 0 Å². The fourth-order valence-electron chi connectivity index (χ4n) is 2.93. The number of amides is 3. The number of imide groups is 1. The average Bonchev–Trinajstić information content (AvgIpc) is 2.73. The van der Waals surface area contributed by atoms with Gasteiger partial charge in [0, 0.05) is 13.5 Å². The van der Waals surface area contributed by atoms with Crippen molar-refractivity contribution in [3.05, 3.63) is 70.8 Å². The molecule has 2 atom stereocenters. The molecular formula is C21H20N2O6. The third-order valence-electron chi connectivity index (χ3n) is 4.50. The van der Waals surface area contributed by atoms with Crippen molar-refractivity contribution in [3.63, 3.8) is 0 Å². The molecule has 2 unspecified atom stereocenters. The average molecular weight is 396 g/mol. The van der Waals surface area contributed by atoms with E-state index in [0.717, 1.165) is 5.56 Å². The van der Waals surface area contributed by atoms with Crippen molar-refractivity contribution >= 4 is 23.9 Å². The predicted molar refractivity (Wildman–Crippen MR) is 102 cm³/mol. The molecule has 0 aliphatic carbocycles. The minimum absolute atomic E-state index is 0.199. The van der Waals surface area contributed by atoms with Crippen molar-refractivity contribution < 1.29 is 28.7 Å². The fourth-order valence-corrected chi connectivity index (χ4v) is 2.93. The third-order valence-corrected chi connectivity index (χ3v) is 4.50. The van der Waals surface area contributed by atoms with Gasteiger partial charge in [0.2, 0.25) is 0 Å². The van der Waals surface area contributed by atoms with Gasteiger partial charge in [-0.15, -0.1) is 0 Å². The maximum atomic E-state index is 12.4. The number of hydrogen-bond acceptors (Lipinski definition) is 6. The SMILES string of the molecule is CNC(=O)NC(=O)C(C)OC(=O)c1ccc2c(c1)CC(c1ccccc1)OC2=O. The first kappa shape index (κ1) is 20.1. The van der Waals surface area contributed by atoms with Crippen LogP contribution in [0.25, 0.3) is 0 Å². The monoisotopic (exact) mass is 396 g/mol. The molecular weight excluding hydrogens is 376 g/mol. The maximum absolute atomic E-state index is 12.4. The van der Waals surface area contributed by atoms with E-state index in [2.05, 4.69) is 5.32 Å². The highest BCUT2D eigenvalue weighted by Crippen LogP contribution is 2.31. The van der Waals surface area contributed by atoms with E-state index in [-0.39, 0.29) is 5.56 Å². The maximum Gasteiger partial charge on any atom is 0.339 e. The zero-order valence-electron chi connectivity index (χ0n) is 15.9. The van der Waals surface area contributed by atoms with Crippen LogP contribution < -0.4 is 10.6 Å². The Balaban J connectivity index is 1.74. The Morgan fingerprint density at radius 3 is 2.55 bits per heavy atom. The summed E-state index contributed by atoms with van der Waals surface area (Å²) >= 11 is 0. The van der Waals surface area contributed by atoms with Gasteiger partial charge in [0.25, 0.3) is 5.91 Å². The molecule has 2 N–H and O–H groups in total. The van der Waals surface area contributed by atoms with E-state index in [9.17, 15) is 19.2 Å². The fraction of sp³-hybridized carbons (Fsp3) is 0.238. The summed E-state index contributed by atoms with van der Waals surface area (Å²) in [5, 5.41) is 4.28. The normalized spacial score (nSPS) is 16.1. The lowest BCUT2D eigenvalue weighted by molar-refractivity contribution is -0.127. The minimum atomic E-state index is -1.17. The molecule has 8 nitrogen and oxygen atoms in total. The molecule has 0 saturated carbocycles. The number of cyclic esters (lactones) is 1. The van der Waals surface area contributed by atoms with Gasteiger partial charge in [-0.05, 0) is 36.2 Å². The molecule has 2 aromatic rings. The summed E-state index contributed by atoms with van der Waals surface area (Å²) in [6.07, 6.45) is -1.20. The van der Waals surface area contributed by atoms with Crippen LogP contribution in [0, 0.1) is 0 Å². The van der Waals surface area contributed by atoms with Gasteiger partial charge in [0.1, 0.15) is 6.10 Å². The van der Waals surface area contributed by atoms with Crippen LogP contribution >= 0.6 is 0 Å². The van der Waals surface area contributed by atoms with E-state index in [1.807, 2.05) is 35.6 Å². The highest BCUT2D eigenvalue weighted by molar-refractivity contribution is 5.99. The lowest BCUT2D eigenvalue weighted by atomic mass is 9.93. The summed E-state index contributed by atoms with van der Waals surface area (Å²) in [5.41, 5.74) is 2.11. The quantitative estimate of drug-likeness (QED) is 0.766. The molecule has 29 heavy (non-hydrogen) atoms. The number of carbonyl (C=O) groups is 4. The Kier molecular flexibility index (Phi) is 5.92. The van der Waals surface area contributed by atoms with Crippen molar-refractivity contribution in [2.45, 2.75) is 25.6 Å². The van der Waals surface area contributed by atoms with Crippen molar-refractivity contribution in [1.29, 1.82) is 0 Å². The lowest BCUT2D eigenvalue weighted by Crippen LogP contribution is -2.43. The summed E-state index contributed by atoms with van der Waals surface area (Å²) in [5.74, 6) is -1.94. The molecule has 150 valence electrons. The molecule has 0 spiro atoms. The molecule has 1 heterocycles. The van der Waals surface area contributed by atoms with Crippen molar-refractivity contribution in [1.82, 2.24) is 10.6 Å². The smallest absolute Gasteiger partial charge is 0.339 e. The number of hydrogen-bond donors (Lipinski definition) is 2. The van der Waals surface area contributed by atoms with E-state index < -0.39 is 36.1 Å². The van der Waals surface area contributed by atoms with Gasteiger partial charge in [-0.1, -0.05) is 30.3 Å². The number of benzene rings is 2. The zero-order chi connectivity index (χ0) is 21.0. The number of urea groups is 1. The second-order valence-electron chi connectivity index (χ2n) is 6.50. The largest absolute Gasteiger partial charge is 0.454 e. The molecule has 0 fully saturated rings. The number of esters is 2. The van der Waals surface area contributed by atoms with E-state index in [0.29, 0.717) is 17.5 Å². The van der Waals surface area contributed by atoms with Crippen LogP contribution in [0.2, 0.25) is 0 Å². The summed E-state index contributed by atoms with van der Waals surface area (Å²) in [6, 6.07) is 13.1. The minimum Gasteiger partial charge on any atom is -0.454 e. The lowest BCUT2D eigenvalue weighted by Gasteiger charge is -2.25. The van der Waals surface area contributed by atoms with E-state index in [1.54, 1.807) is 6.07 Å². The van der Waals surface area contributed by atoms with Crippen molar-refractivity contribution in [3.8, 4) is 0 Å². The summed E-state index contributed by atoms with van der Waals surface area (Å²) in [4.78, 5) is 47.8. The first-order chi connectivity index (χ1) is 13.9. The van der Waals surface area contributed by atoms with Gasteiger partial charge in [-0.25, -0.2) is 14.4 Å². The first-order valence-corrected chi connectivity index (χ1v) is 9.01. The Labute approximate surface area is 167 Å². The Bertz CT molecular complexity index is 957. The Morgan fingerprint density at radius 1 is 1.14 bits per heavy atom. The molecule has 2 aromatic carbocycles. The van der Waals surface area contributed by atoms with Crippen LogP contribution in [0.15, 0.2) is 48.5 Å². The second kappa shape index (κ2) is 8.55. The molecule has 3 rings (SSSR count). The number of rotatable bonds is 4. The molecule has 3 amide bonds. The van der Waals surface area contributed by atoms with E-state index >= 15 is 0 Å². The van der Waals surface area contributed by atoms with Crippen molar-refractivity contribution in [2.75, 3.05) is 7.05 Å². The molecule has 1 aliphatic rings. The number of nitrogens with one attached hydrogen (secondary N) is 2. The molecule has 0 saturated heterocycles. The van der Waals surface area contributed by atoms with Crippen LogP contribution in [0.5, 0.6) is 0 Å². The zero-order valence-corrected chi connectivity index (χ0v) is 15.9. The third kappa shape index (κ3) is 4.60. The van der Waals surface area contributed by atoms with Gasteiger partial charge >= 0.3 is 18.0 Å². The summed E-state index contributed by atoms with van der Waals surface area (Å²) in [7, 11) is 1.36. The van der Waals surface area contributed by atoms with E-state index in [1.165, 1.54) is 26.1 Å². The van der Waals surface area contributed by atoms with Gasteiger partial charge in [0.05, 0.1) is 11.1 Å². The van der Waals surface area contributed by atoms with Crippen LogP contribution in [-0.4, -0.2) is 37.0 Å². The predicted octanol–water partition coefficient (Wildman–Crippen LogP) is 2.14. The topological polar surface area (TPSA) is 111 Å². The molecule has 1 aliphatic heterocycles. The Morgan fingerprint density at radius 2 is 1.86 bits per heavy atom. The van der Waals surface area contributed by atoms with Gasteiger partial charge < -0.3 is 14.8 Å². The van der Waals surface area contributed by atoms with Crippen LogP contribution in [0.1, 0.15) is 44.9 Å². The molecule has 0 radical (unpaired) electrons. The van der Waals surface area contributed by atoms with Crippen LogP contribution in [-0.2, 0) is 20.7 Å². The molecule has 0 aromatic heterocycles. The second-order valence-corrected chi connectivity index (χ2v) is 6.50. The van der Waals surface area contributed by atoms with E-state index in [4.69, 9.17) is 9.47 Å². The van der Waals surface area contributed by atoms with Crippen LogP contribution in [0.4, 0.5) is 4.79 Å². The Hall–Kier alpha value is -3.68. The number of ether oxygens (including phenoxy) is 2. The summed E-state index contributed by atoms with van der Waals surface area (Å²) in [6.45, 7) is 1.36. The van der Waals surface area contributed by atoms with Gasteiger partial charge in [-0.3, -0.25) is 10.1 Å².